The van der Waals surface area contributed by atoms with Gasteiger partial charge in [0.25, 0.3) is 5.91 Å². The summed E-state index contributed by atoms with van der Waals surface area (Å²) in [4.78, 5) is 14.2. The Morgan fingerprint density at radius 3 is 2.81 bits per heavy atom. The zero-order valence-corrected chi connectivity index (χ0v) is 15.2. The molecule has 0 fully saturated rings. The van der Waals surface area contributed by atoms with E-state index in [0.29, 0.717) is 27.6 Å². The zero-order chi connectivity index (χ0) is 18.1. The van der Waals surface area contributed by atoms with Crippen molar-refractivity contribution in [3.8, 4) is 17.3 Å². The van der Waals surface area contributed by atoms with Crippen LogP contribution in [0.15, 0.2) is 34.9 Å². The minimum Gasteiger partial charge on any atom is -0.360 e. The van der Waals surface area contributed by atoms with E-state index < -0.39 is 0 Å². The molecule has 1 aliphatic carbocycles. The second-order valence-electron chi connectivity index (χ2n) is 6.31. The minimum absolute atomic E-state index is 0.294. The molecule has 0 spiro atoms. The van der Waals surface area contributed by atoms with Crippen LogP contribution in [0.1, 0.15) is 45.0 Å². The van der Waals surface area contributed by atoms with E-state index in [-0.39, 0.29) is 5.91 Å². The first-order valence-electron chi connectivity index (χ1n) is 8.56. The van der Waals surface area contributed by atoms with Gasteiger partial charge in [0.05, 0.1) is 5.56 Å². The van der Waals surface area contributed by atoms with E-state index in [0.717, 1.165) is 36.8 Å². The fourth-order valence-electron chi connectivity index (χ4n) is 3.37. The zero-order valence-electron chi connectivity index (χ0n) is 14.3. The Hall–Kier alpha value is -2.91. The van der Waals surface area contributed by atoms with Crippen LogP contribution in [0.3, 0.4) is 0 Å². The first-order chi connectivity index (χ1) is 12.7. The van der Waals surface area contributed by atoms with Gasteiger partial charge in [-0.15, -0.1) is 11.3 Å². The van der Waals surface area contributed by atoms with Gasteiger partial charge in [-0.25, -0.2) is 0 Å². The van der Waals surface area contributed by atoms with Crippen molar-refractivity contribution in [1.82, 2.24) is 5.16 Å². The van der Waals surface area contributed by atoms with E-state index in [1.807, 2.05) is 30.3 Å². The molecule has 130 valence electrons. The number of nitrogens with zero attached hydrogens (tertiary/aromatic N) is 2. The van der Waals surface area contributed by atoms with Crippen molar-refractivity contribution in [2.24, 2.45) is 0 Å². The average molecular weight is 363 g/mol. The van der Waals surface area contributed by atoms with Crippen LogP contribution in [-0.2, 0) is 12.8 Å². The number of rotatable bonds is 3. The van der Waals surface area contributed by atoms with E-state index >= 15 is 0 Å². The van der Waals surface area contributed by atoms with Crippen LogP contribution in [0.5, 0.6) is 0 Å². The van der Waals surface area contributed by atoms with Crippen LogP contribution in [-0.4, -0.2) is 11.1 Å². The van der Waals surface area contributed by atoms with Crippen molar-refractivity contribution in [3.63, 3.8) is 0 Å². The molecule has 1 N–H and O–H groups in total. The van der Waals surface area contributed by atoms with Crippen LogP contribution in [0.25, 0.3) is 11.3 Å². The molecule has 1 aromatic carbocycles. The van der Waals surface area contributed by atoms with Crippen molar-refractivity contribution in [2.45, 2.75) is 32.6 Å². The number of aryl methyl sites for hydroxylation is 2. The largest absolute Gasteiger partial charge is 0.360 e. The second kappa shape index (κ2) is 6.77. The van der Waals surface area contributed by atoms with Crippen LogP contribution >= 0.6 is 11.3 Å². The van der Waals surface area contributed by atoms with Gasteiger partial charge in [0, 0.05) is 10.4 Å². The molecule has 0 saturated heterocycles. The third-order valence-electron chi connectivity index (χ3n) is 4.65. The summed E-state index contributed by atoms with van der Waals surface area (Å²) in [6.07, 6.45) is 4.11. The molecule has 1 aliphatic rings. The summed E-state index contributed by atoms with van der Waals surface area (Å²) in [5.41, 5.74) is 3.45. The molecule has 26 heavy (non-hydrogen) atoms. The molecular formula is C20H17N3O2S. The number of anilines is 1. The van der Waals surface area contributed by atoms with Gasteiger partial charge in [0.2, 0.25) is 0 Å². The maximum Gasteiger partial charge on any atom is 0.262 e. The molecule has 2 heterocycles. The number of fused-ring (bicyclic) bond motifs is 1. The van der Waals surface area contributed by atoms with Crippen molar-refractivity contribution < 1.29 is 9.32 Å². The third kappa shape index (κ3) is 2.80. The monoisotopic (exact) mass is 363 g/mol. The number of amides is 1. The Balaban J connectivity index is 1.70. The van der Waals surface area contributed by atoms with E-state index in [9.17, 15) is 10.1 Å². The molecule has 1 amide bonds. The first-order valence-corrected chi connectivity index (χ1v) is 9.38. The maximum absolute atomic E-state index is 13.0. The van der Waals surface area contributed by atoms with Gasteiger partial charge in [-0.2, -0.15) is 5.26 Å². The number of benzene rings is 1. The quantitative estimate of drug-likeness (QED) is 0.730. The fourth-order valence-corrected chi connectivity index (χ4v) is 4.61. The number of carbonyl (C=O) groups is 1. The Kier molecular flexibility index (Phi) is 4.31. The van der Waals surface area contributed by atoms with Gasteiger partial charge in [-0.3, -0.25) is 4.79 Å². The second-order valence-corrected chi connectivity index (χ2v) is 7.41. The molecule has 5 nitrogen and oxygen atoms in total. The highest BCUT2D eigenvalue weighted by atomic mass is 32.1. The Labute approximate surface area is 155 Å². The Bertz CT molecular complexity index is 1010. The highest BCUT2D eigenvalue weighted by Crippen LogP contribution is 2.38. The van der Waals surface area contributed by atoms with E-state index in [1.165, 1.54) is 16.2 Å². The highest BCUT2D eigenvalue weighted by Gasteiger charge is 2.25. The Morgan fingerprint density at radius 1 is 1.27 bits per heavy atom. The normalized spacial score (nSPS) is 13.1. The molecular weight excluding hydrogens is 346 g/mol. The third-order valence-corrected chi connectivity index (χ3v) is 5.85. The van der Waals surface area contributed by atoms with E-state index in [4.69, 9.17) is 4.52 Å². The summed E-state index contributed by atoms with van der Waals surface area (Å²) in [5.74, 6) is 0.166. The molecule has 0 radical (unpaired) electrons. The molecule has 2 aromatic heterocycles. The summed E-state index contributed by atoms with van der Waals surface area (Å²) < 4.78 is 5.27. The lowest BCUT2D eigenvalue weighted by Crippen LogP contribution is -2.13. The van der Waals surface area contributed by atoms with Gasteiger partial charge in [-0.1, -0.05) is 35.5 Å². The standard InChI is InChI=1S/C20H17N3O2S/c1-12-17(18(23-25-12)13-7-3-2-4-8-13)19(24)22-20-15(11-21)14-9-5-6-10-16(14)26-20/h2-4,7-8H,5-6,9-10H2,1H3,(H,22,24). The van der Waals surface area contributed by atoms with Gasteiger partial charge >= 0.3 is 0 Å². The molecule has 0 aliphatic heterocycles. The smallest absolute Gasteiger partial charge is 0.262 e. The van der Waals surface area contributed by atoms with Crippen LogP contribution in [0, 0.1) is 18.3 Å². The SMILES string of the molecule is Cc1onc(-c2ccccc2)c1C(=O)Nc1sc2c(c1C#N)CCCC2. The molecule has 0 bridgehead atoms. The van der Waals surface area contributed by atoms with Crippen LogP contribution in [0.4, 0.5) is 5.00 Å². The van der Waals surface area contributed by atoms with Gasteiger partial charge < -0.3 is 9.84 Å². The first kappa shape index (κ1) is 16.6. The number of thiophene rings is 1. The lowest BCUT2D eigenvalue weighted by Gasteiger charge is -2.09. The molecule has 3 aromatic rings. The number of nitriles is 1. The molecule has 0 saturated carbocycles. The minimum atomic E-state index is -0.294. The number of aromatic nitrogens is 1. The summed E-state index contributed by atoms with van der Waals surface area (Å²) >= 11 is 1.51. The van der Waals surface area contributed by atoms with Crippen molar-refractivity contribution >= 4 is 22.2 Å². The van der Waals surface area contributed by atoms with E-state index in [2.05, 4.69) is 16.5 Å². The summed E-state index contributed by atoms with van der Waals surface area (Å²) in [6, 6.07) is 11.7. The molecule has 4 rings (SSSR count). The van der Waals surface area contributed by atoms with E-state index in [1.54, 1.807) is 6.92 Å². The number of hydrogen-bond donors (Lipinski definition) is 1. The maximum atomic E-state index is 13.0. The number of hydrogen-bond acceptors (Lipinski definition) is 5. The van der Waals surface area contributed by atoms with Crippen molar-refractivity contribution in [1.29, 1.82) is 5.26 Å². The predicted molar refractivity (Wildman–Crippen MR) is 100 cm³/mol. The molecule has 6 heteroatoms. The summed E-state index contributed by atoms with van der Waals surface area (Å²) in [7, 11) is 0. The lowest BCUT2D eigenvalue weighted by atomic mass is 9.96. The number of carbonyl (C=O) groups excluding carboxylic acids is 1. The summed E-state index contributed by atoms with van der Waals surface area (Å²) in [6.45, 7) is 1.72. The van der Waals surface area contributed by atoms with Crippen LogP contribution < -0.4 is 5.32 Å². The van der Waals surface area contributed by atoms with Gasteiger partial charge in [-0.05, 0) is 38.2 Å². The number of nitrogens with one attached hydrogen (secondary N) is 1. The van der Waals surface area contributed by atoms with Crippen LogP contribution in [0.2, 0.25) is 0 Å². The van der Waals surface area contributed by atoms with Gasteiger partial charge in [0.1, 0.15) is 28.1 Å². The highest BCUT2D eigenvalue weighted by molar-refractivity contribution is 7.16. The van der Waals surface area contributed by atoms with Crippen molar-refractivity contribution in [2.75, 3.05) is 5.32 Å². The summed E-state index contributed by atoms with van der Waals surface area (Å²) in [5, 5.41) is 17.2. The van der Waals surface area contributed by atoms with Crippen molar-refractivity contribution in [3.05, 3.63) is 57.7 Å². The average Bonchev–Trinajstić information content (AvgIpc) is 3.22. The predicted octanol–water partition coefficient (Wildman–Crippen LogP) is 4.71. The fraction of sp³-hybridized carbons (Fsp3) is 0.250. The lowest BCUT2D eigenvalue weighted by molar-refractivity contribution is 0.102. The topological polar surface area (TPSA) is 78.9 Å². The molecule has 0 atom stereocenters. The molecule has 0 unspecified atom stereocenters. The Morgan fingerprint density at radius 2 is 2.04 bits per heavy atom. The van der Waals surface area contributed by atoms with Gasteiger partial charge in [0.15, 0.2) is 0 Å².